The quantitative estimate of drug-likeness (QED) is 0.857. The van der Waals surface area contributed by atoms with Gasteiger partial charge < -0.3 is 10.4 Å². The van der Waals surface area contributed by atoms with Crippen LogP contribution in [0.3, 0.4) is 0 Å². The van der Waals surface area contributed by atoms with E-state index in [-0.39, 0.29) is 11.6 Å². The number of nitrogens with one attached hydrogen (secondary N) is 1. The van der Waals surface area contributed by atoms with E-state index >= 15 is 0 Å². The maximum Gasteiger partial charge on any atom is 0.335 e. The minimum Gasteiger partial charge on any atom is -0.478 e. The summed E-state index contributed by atoms with van der Waals surface area (Å²) in [4.78, 5) is 11.1. The van der Waals surface area contributed by atoms with Crippen LogP contribution in [0.5, 0.6) is 0 Å². The lowest BCUT2D eigenvalue weighted by molar-refractivity contribution is 0.0697. The first kappa shape index (κ1) is 14.6. The number of benzene rings is 2. The Morgan fingerprint density at radius 2 is 1.95 bits per heavy atom. The Kier molecular flexibility index (Phi) is 4.45. The van der Waals surface area contributed by atoms with Crippen LogP contribution >= 0.6 is 15.9 Å². The Labute approximate surface area is 126 Å². The Hall–Kier alpha value is -1.81. The summed E-state index contributed by atoms with van der Waals surface area (Å²) in [6.07, 6.45) is 0. The second-order valence-corrected chi connectivity index (χ2v) is 5.67. The van der Waals surface area contributed by atoms with E-state index in [0.717, 1.165) is 10.2 Å². The number of carbonyl (C=O) groups is 1. The molecule has 1 atom stereocenters. The van der Waals surface area contributed by atoms with Crippen LogP contribution in [-0.4, -0.2) is 11.1 Å². The number of anilines is 1. The van der Waals surface area contributed by atoms with Gasteiger partial charge in [-0.05, 0) is 43.2 Å². The van der Waals surface area contributed by atoms with Gasteiger partial charge in [-0.15, -0.1) is 0 Å². The molecule has 0 aliphatic rings. The van der Waals surface area contributed by atoms with Crippen molar-refractivity contribution in [2.45, 2.75) is 19.9 Å². The molecule has 0 heterocycles. The zero-order chi connectivity index (χ0) is 14.7. The number of carboxylic acid groups (broad SMARTS) is 1. The van der Waals surface area contributed by atoms with Crippen LogP contribution in [0.15, 0.2) is 46.9 Å². The van der Waals surface area contributed by atoms with Crippen molar-refractivity contribution in [2.75, 3.05) is 5.32 Å². The summed E-state index contributed by atoms with van der Waals surface area (Å²) in [5, 5.41) is 12.4. The molecule has 0 amide bonds. The molecule has 2 aromatic carbocycles. The van der Waals surface area contributed by atoms with E-state index in [0.29, 0.717) is 0 Å². The molecule has 2 rings (SSSR count). The lowest BCUT2D eigenvalue weighted by atomic mass is 10.0. The van der Waals surface area contributed by atoms with Crippen molar-refractivity contribution in [3.63, 3.8) is 0 Å². The SMILES string of the molecule is Cc1ccccc1C(C)Nc1cc(Br)cc(C(=O)O)c1. The summed E-state index contributed by atoms with van der Waals surface area (Å²) in [7, 11) is 0. The maximum atomic E-state index is 11.1. The summed E-state index contributed by atoms with van der Waals surface area (Å²) in [5.41, 5.74) is 3.46. The van der Waals surface area contributed by atoms with Crippen molar-refractivity contribution in [3.05, 3.63) is 63.6 Å². The molecule has 3 nitrogen and oxygen atoms in total. The third kappa shape index (κ3) is 3.39. The van der Waals surface area contributed by atoms with Crippen LogP contribution in [0.4, 0.5) is 5.69 Å². The molecule has 0 radical (unpaired) electrons. The van der Waals surface area contributed by atoms with Gasteiger partial charge in [-0.25, -0.2) is 4.79 Å². The van der Waals surface area contributed by atoms with Gasteiger partial charge in [-0.2, -0.15) is 0 Å². The first-order valence-corrected chi connectivity index (χ1v) is 7.12. The molecule has 4 heteroatoms. The van der Waals surface area contributed by atoms with Gasteiger partial charge in [0.15, 0.2) is 0 Å². The van der Waals surface area contributed by atoms with Gasteiger partial charge in [-0.3, -0.25) is 0 Å². The van der Waals surface area contributed by atoms with Gasteiger partial charge in [0.05, 0.1) is 5.56 Å². The molecule has 0 bridgehead atoms. The maximum absolute atomic E-state index is 11.1. The van der Waals surface area contributed by atoms with Crippen LogP contribution in [0.2, 0.25) is 0 Å². The van der Waals surface area contributed by atoms with E-state index in [1.54, 1.807) is 12.1 Å². The summed E-state index contributed by atoms with van der Waals surface area (Å²) >= 11 is 3.34. The first-order chi connectivity index (χ1) is 9.47. The van der Waals surface area contributed by atoms with Gasteiger partial charge >= 0.3 is 5.97 Å². The number of carboxylic acids is 1. The highest BCUT2D eigenvalue weighted by Crippen LogP contribution is 2.25. The summed E-state index contributed by atoms with van der Waals surface area (Å²) < 4.78 is 0.747. The lowest BCUT2D eigenvalue weighted by Crippen LogP contribution is -2.09. The smallest absolute Gasteiger partial charge is 0.335 e. The lowest BCUT2D eigenvalue weighted by Gasteiger charge is -2.18. The fourth-order valence-corrected chi connectivity index (χ4v) is 2.69. The molecule has 2 aromatic rings. The van der Waals surface area contributed by atoms with Crippen LogP contribution < -0.4 is 5.32 Å². The van der Waals surface area contributed by atoms with Gasteiger partial charge in [0.2, 0.25) is 0 Å². The summed E-state index contributed by atoms with van der Waals surface area (Å²) in [6.45, 7) is 4.13. The molecule has 0 fully saturated rings. The van der Waals surface area contributed by atoms with E-state index in [9.17, 15) is 4.79 Å². The van der Waals surface area contributed by atoms with E-state index in [1.165, 1.54) is 11.1 Å². The fourth-order valence-electron chi connectivity index (χ4n) is 2.20. The molecule has 1 unspecified atom stereocenters. The normalized spacial score (nSPS) is 11.9. The van der Waals surface area contributed by atoms with Gasteiger partial charge in [0.1, 0.15) is 0 Å². The topological polar surface area (TPSA) is 49.3 Å². The van der Waals surface area contributed by atoms with E-state index < -0.39 is 5.97 Å². The van der Waals surface area contributed by atoms with Crippen molar-refractivity contribution >= 4 is 27.6 Å². The molecule has 0 saturated heterocycles. The third-order valence-corrected chi connectivity index (χ3v) is 3.64. The molecule has 20 heavy (non-hydrogen) atoms. The monoisotopic (exact) mass is 333 g/mol. The molecule has 0 spiro atoms. The standard InChI is InChI=1S/C16H16BrNO2/c1-10-5-3-4-6-15(10)11(2)18-14-8-12(16(19)20)7-13(17)9-14/h3-9,11,18H,1-2H3,(H,19,20). The average molecular weight is 334 g/mol. The van der Waals surface area contributed by atoms with Gasteiger partial charge in [-0.1, -0.05) is 40.2 Å². The van der Waals surface area contributed by atoms with E-state index in [4.69, 9.17) is 5.11 Å². The summed E-state index contributed by atoms with van der Waals surface area (Å²) in [5.74, 6) is -0.933. The minimum absolute atomic E-state index is 0.104. The van der Waals surface area contributed by atoms with Crippen molar-refractivity contribution in [1.82, 2.24) is 0 Å². The van der Waals surface area contributed by atoms with Crippen LogP contribution in [0, 0.1) is 6.92 Å². The van der Waals surface area contributed by atoms with E-state index in [1.807, 2.05) is 18.2 Å². The fraction of sp³-hybridized carbons (Fsp3) is 0.188. The molecular weight excluding hydrogens is 318 g/mol. The van der Waals surface area contributed by atoms with Crippen molar-refractivity contribution in [2.24, 2.45) is 0 Å². The molecule has 0 saturated carbocycles. The Bertz CT molecular complexity index is 640. The van der Waals surface area contributed by atoms with Crippen LogP contribution in [-0.2, 0) is 0 Å². The highest BCUT2D eigenvalue weighted by Gasteiger charge is 2.10. The Morgan fingerprint density at radius 1 is 1.25 bits per heavy atom. The zero-order valence-corrected chi connectivity index (χ0v) is 12.9. The van der Waals surface area contributed by atoms with Crippen molar-refractivity contribution < 1.29 is 9.90 Å². The second kappa shape index (κ2) is 6.09. The number of halogens is 1. The highest BCUT2D eigenvalue weighted by atomic mass is 79.9. The number of hydrogen-bond acceptors (Lipinski definition) is 2. The van der Waals surface area contributed by atoms with Gasteiger partial charge in [0, 0.05) is 16.2 Å². The summed E-state index contributed by atoms with van der Waals surface area (Å²) in [6, 6.07) is 13.4. The Balaban J connectivity index is 2.26. The van der Waals surface area contributed by atoms with Crippen molar-refractivity contribution in [3.8, 4) is 0 Å². The first-order valence-electron chi connectivity index (χ1n) is 6.33. The van der Waals surface area contributed by atoms with Crippen LogP contribution in [0.1, 0.15) is 34.5 Å². The highest BCUT2D eigenvalue weighted by molar-refractivity contribution is 9.10. The Morgan fingerprint density at radius 3 is 2.60 bits per heavy atom. The molecule has 0 aliphatic heterocycles. The van der Waals surface area contributed by atoms with Crippen LogP contribution in [0.25, 0.3) is 0 Å². The number of aryl methyl sites for hydroxylation is 1. The third-order valence-electron chi connectivity index (χ3n) is 3.18. The van der Waals surface area contributed by atoms with Crippen molar-refractivity contribution in [1.29, 1.82) is 0 Å². The number of aromatic carboxylic acids is 1. The van der Waals surface area contributed by atoms with E-state index in [2.05, 4.69) is 47.2 Å². The minimum atomic E-state index is -0.933. The largest absolute Gasteiger partial charge is 0.478 e. The molecule has 104 valence electrons. The average Bonchev–Trinajstić information content (AvgIpc) is 2.38. The number of rotatable bonds is 4. The van der Waals surface area contributed by atoms with Gasteiger partial charge in [0.25, 0.3) is 0 Å². The molecular formula is C16H16BrNO2. The number of hydrogen-bond donors (Lipinski definition) is 2. The predicted molar refractivity (Wildman–Crippen MR) is 84.3 cm³/mol. The predicted octanol–water partition coefficient (Wildman–Crippen LogP) is 4.63. The molecule has 0 aromatic heterocycles. The second-order valence-electron chi connectivity index (χ2n) is 4.76. The zero-order valence-electron chi connectivity index (χ0n) is 11.4. The molecule has 2 N–H and O–H groups in total. The molecule has 0 aliphatic carbocycles.